The van der Waals surface area contributed by atoms with Gasteiger partial charge in [-0.1, -0.05) is 6.08 Å². The average Bonchev–Trinajstić information content (AvgIpc) is 2.12. The van der Waals surface area contributed by atoms with E-state index in [4.69, 9.17) is 0 Å². The zero-order chi connectivity index (χ0) is 14.1. The first-order chi connectivity index (χ1) is 7.31. The first-order valence-corrected chi connectivity index (χ1v) is 4.07. The van der Waals surface area contributed by atoms with Crippen LogP contribution in [0.5, 0.6) is 0 Å². The van der Waals surface area contributed by atoms with Gasteiger partial charge in [0.1, 0.15) is 0 Å². The summed E-state index contributed by atoms with van der Waals surface area (Å²) in [7, 11) is 0. The number of alkyl halides is 8. The van der Waals surface area contributed by atoms with E-state index in [-0.39, 0.29) is 0 Å². The van der Waals surface area contributed by atoms with Gasteiger partial charge in [-0.15, -0.1) is 6.58 Å². The highest BCUT2D eigenvalue weighted by Gasteiger charge is 2.80. The lowest BCUT2D eigenvalue weighted by atomic mass is 10.1. The fourth-order valence-corrected chi connectivity index (χ4v) is 0.713. The highest BCUT2D eigenvalue weighted by molar-refractivity contribution is 4.99. The summed E-state index contributed by atoms with van der Waals surface area (Å²) in [5.41, 5.74) is 0. The lowest BCUT2D eigenvalue weighted by molar-refractivity contribution is -0.423. The number of halogens is 8. The molecule has 0 amide bonds. The maximum atomic E-state index is 12.7. The molecule has 0 aliphatic heterocycles. The number of rotatable bonds is 6. The Morgan fingerprint density at radius 3 is 1.65 bits per heavy atom. The summed E-state index contributed by atoms with van der Waals surface area (Å²) in [6.45, 7) is 1.02. The van der Waals surface area contributed by atoms with Crippen molar-refractivity contribution in [2.75, 3.05) is 6.61 Å². The molecule has 0 saturated carbocycles. The van der Waals surface area contributed by atoms with Gasteiger partial charge in [0.15, 0.2) is 0 Å². The van der Waals surface area contributed by atoms with Crippen LogP contribution in [0.2, 0.25) is 0 Å². The molecule has 1 nitrogen and oxygen atoms in total. The fraction of sp³-hybridized carbons (Fsp3) is 0.750. The molecule has 17 heavy (non-hydrogen) atoms. The molecule has 0 saturated heterocycles. The zero-order valence-electron chi connectivity index (χ0n) is 8.42. The van der Waals surface area contributed by atoms with Crippen molar-refractivity contribution in [3.63, 3.8) is 0 Å². The standard InChI is InChI=1S/C8H8F8O/c1-3-4-17-8(15,16)7(13,14)6(11,12)5(2,9)10/h3H,1,4H2,2H3. The van der Waals surface area contributed by atoms with Crippen LogP contribution in [0.4, 0.5) is 35.1 Å². The summed E-state index contributed by atoms with van der Waals surface area (Å²) >= 11 is 0. The van der Waals surface area contributed by atoms with Crippen LogP contribution in [0.3, 0.4) is 0 Å². The molecule has 0 bridgehead atoms. The SMILES string of the molecule is C=CCOC(F)(F)C(F)(F)C(F)(F)C(C)(F)F. The maximum absolute atomic E-state index is 12.7. The van der Waals surface area contributed by atoms with E-state index in [1.165, 1.54) is 0 Å². The van der Waals surface area contributed by atoms with Crippen molar-refractivity contribution in [1.82, 2.24) is 0 Å². The van der Waals surface area contributed by atoms with Crippen molar-refractivity contribution in [1.29, 1.82) is 0 Å². The molecule has 0 aromatic rings. The van der Waals surface area contributed by atoms with Crippen molar-refractivity contribution in [3.05, 3.63) is 12.7 Å². The van der Waals surface area contributed by atoms with Gasteiger partial charge in [-0.05, 0) is 0 Å². The molecular formula is C8H8F8O. The molecule has 9 heteroatoms. The zero-order valence-corrected chi connectivity index (χ0v) is 8.42. The summed E-state index contributed by atoms with van der Waals surface area (Å²) in [6.07, 6.45) is -5.17. The van der Waals surface area contributed by atoms with Crippen LogP contribution in [0.1, 0.15) is 6.92 Å². The minimum Gasteiger partial charge on any atom is -0.311 e. The Balaban J connectivity index is 5.31. The molecule has 0 atom stereocenters. The third kappa shape index (κ3) is 2.70. The summed E-state index contributed by atoms with van der Waals surface area (Å²) in [4.78, 5) is 0. The van der Waals surface area contributed by atoms with Crippen molar-refractivity contribution in [2.24, 2.45) is 0 Å². The number of hydrogen-bond acceptors (Lipinski definition) is 1. The molecule has 0 aromatic heterocycles. The van der Waals surface area contributed by atoms with E-state index in [1.807, 2.05) is 0 Å². The second-order valence-electron chi connectivity index (χ2n) is 3.15. The van der Waals surface area contributed by atoms with E-state index in [0.29, 0.717) is 6.08 Å². The van der Waals surface area contributed by atoms with E-state index in [2.05, 4.69) is 11.3 Å². The van der Waals surface area contributed by atoms with Crippen molar-refractivity contribution in [3.8, 4) is 0 Å². The summed E-state index contributed by atoms with van der Waals surface area (Å²) < 4.78 is 103. The normalized spacial score (nSPS) is 14.9. The quantitative estimate of drug-likeness (QED) is 0.529. The third-order valence-electron chi connectivity index (χ3n) is 1.69. The largest absolute Gasteiger partial charge is 0.426 e. The molecule has 0 aromatic carbocycles. The Kier molecular flexibility index (Phi) is 4.21. The second kappa shape index (κ2) is 4.43. The van der Waals surface area contributed by atoms with Crippen LogP contribution >= 0.6 is 0 Å². The molecule has 0 heterocycles. The second-order valence-corrected chi connectivity index (χ2v) is 3.15. The van der Waals surface area contributed by atoms with E-state index in [9.17, 15) is 35.1 Å². The van der Waals surface area contributed by atoms with Crippen molar-refractivity contribution in [2.45, 2.75) is 30.8 Å². The minimum absolute atomic E-state index is 0.576. The Morgan fingerprint density at radius 1 is 0.941 bits per heavy atom. The number of hydrogen-bond donors (Lipinski definition) is 0. The highest BCUT2D eigenvalue weighted by Crippen LogP contribution is 2.52. The molecule has 102 valence electrons. The Morgan fingerprint density at radius 2 is 1.35 bits per heavy atom. The first kappa shape index (κ1) is 16.1. The van der Waals surface area contributed by atoms with Crippen LogP contribution < -0.4 is 0 Å². The lowest BCUT2D eigenvalue weighted by Gasteiger charge is -2.34. The van der Waals surface area contributed by atoms with E-state index in [0.717, 1.165) is 0 Å². The molecule has 0 aliphatic rings. The van der Waals surface area contributed by atoms with Gasteiger partial charge in [0.05, 0.1) is 6.61 Å². The molecule has 0 spiro atoms. The molecule has 0 radical (unpaired) electrons. The third-order valence-corrected chi connectivity index (χ3v) is 1.69. The first-order valence-electron chi connectivity index (χ1n) is 4.07. The van der Waals surface area contributed by atoms with Crippen LogP contribution in [-0.4, -0.2) is 30.5 Å². The average molecular weight is 272 g/mol. The summed E-state index contributed by atoms with van der Waals surface area (Å²) in [5.74, 6) is -18.0. The van der Waals surface area contributed by atoms with Crippen molar-refractivity contribution < 1.29 is 39.9 Å². The molecular weight excluding hydrogens is 264 g/mol. The Hall–Kier alpha value is -0.860. The molecule has 0 aliphatic carbocycles. The maximum Gasteiger partial charge on any atom is 0.426 e. The van der Waals surface area contributed by atoms with Gasteiger partial charge in [-0.2, -0.15) is 35.1 Å². The topological polar surface area (TPSA) is 9.23 Å². The smallest absolute Gasteiger partial charge is 0.311 e. The van der Waals surface area contributed by atoms with Gasteiger partial charge in [0.25, 0.3) is 0 Å². The predicted octanol–water partition coefficient (Wildman–Crippen LogP) is 3.71. The monoisotopic (exact) mass is 272 g/mol. The van der Waals surface area contributed by atoms with E-state index >= 15 is 0 Å². The number of ether oxygens (including phenoxy) is 1. The minimum atomic E-state index is -6.36. The van der Waals surface area contributed by atoms with Crippen LogP contribution in [-0.2, 0) is 4.74 Å². The fourth-order valence-electron chi connectivity index (χ4n) is 0.713. The predicted molar refractivity (Wildman–Crippen MR) is 41.6 cm³/mol. The van der Waals surface area contributed by atoms with Crippen LogP contribution in [0.25, 0.3) is 0 Å². The molecule has 0 rings (SSSR count). The van der Waals surface area contributed by atoms with Crippen LogP contribution in [0.15, 0.2) is 12.7 Å². The van der Waals surface area contributed by atoms with Gasteiger partial charge in [-0.3, -0.25) is 0 Å². The van der Waals surface area contributed by atoms with Gasteiger partial charge < -0.3 is 4.74 Å². The van der Waals surface area contributed by atoms with Crippen LogP contribution in [0, 0.1) is 0 Å². The van der Waals surface area contributed by atoms with Gasteiger partial charge in [0, 0.05) is 6.92 Å². The van der Waals surface area contributed by atoms with Gasteiger partial charge in [-0.25, -0.2) is 0 Å². The van der Waals surface area contributed by atoms with E-state index < -0.39 is 37.4 Å². The lowest BCUT2D eigenvalue weighted by Crippen LogP contribution is -2.62. The Labute approximate surface area is 91.0 Å². The molecule has 0 unspecified atom stereocenters. The van der Waals surface area contributed by atoms with Crippen molar-refractivity contribution >= 4 is 0 Å². The Bertz CT molecular complexity index is 280. The highest BCUT2D eigenvalue weighted by atomic mass is 19.4. The molecule has 0 N–H and O–H groups in total. The van der Waals surface area contributed by atoms with E-state index in [1.54, 1.807) is 0 Å². The van der Waals surface area contributed by atoms with Gasteiger partial charge >= 0.3 is 23.9 Å². The van der Waals surface area contributed by atoms with Gasteiger partial charge in [0.2, 0.25) is 0 Å². The summed E-state index contributed by atoms with van der Waals surface area (Å²) in [5, 5.41) is 0. The molecule has 0 fully saturated rings. The summed E-state index contributed by atoms with van der Waals surface area (Å²) in [6, 6.07) is 0.